The van der Waals surface area contributed by atoms with Gasteiger partial charge < -0.3 is 5.11 Å². The molecule has 0 heterocycles. The van der Waals surface area contributed by atoms with Gasteiger partial charge >= 0.3 is 5.97 Å². The van der Waals surface area contributed by atoms with E-state index in [2.05, 4.69) is 48.5 Å². The number of hydrogen-bond donors (Lipinski definition) is 1. The second-order valence-electron chi connectivity index (χ2n) is 5.21. The van der Waals surface area contributed by atoms with Crippen LogP contribution in [-0.2, 0) is 17.6 Å². The van der Waals surface area contributed by atoms with Crippen LogP contribution in [0.25, 0.3) is 0 Å². The fourth-order valence-electron chi connectivity index (χ4n) is 2.20. The van der Waals surface area contributed by atoms with Gasteiger partial charge in [0.05, 0.1) is 0 Å². The number of carboxylic acid groups (broad SMARTS) is 1. The minimum atomic E-state index is -0.840. The van der Waals surface area contributed by atoms with Gasteiger partial charge in [-0.05, 0) is 42.9 Å². The Morgan fingerprint density at radius 1 is 0.952 bits per heavy atom. The third kappa shape index (κ3) is 4.92. The van der Waals surface area contributed by atoms with E-state index in [0.717, 1.165) is 19.3 Å². The number of hydrogen-bond acceptors (Lipinski definition) is 1. The molecule has 2 rings (SSSR count). The normalized spacial score (nSPS) is 11.4. The Morgan fingerprint density at radius 2 is 1.52 bits per heavy atom. The van der Waals surface area contributed by atoms with Gasteiger partial charge in [0, 0.05) is 5.57 Å². The summed E-state index contributed by atoms with van der Waals surface area (Å²) < 4.78 is 0. The van der Waals surface area contributed by atoms with Crippen LogP contribution in [0.2, 0.25) is 0 Å². The Hall–Kier alpha value is -2.35. The maximum atomic E-state index is 10.7. The molecule has 0 atom stereocenters. The lowest BCUT2D eigenvalue weighted by molar-refractivity contribution is -0.132. The number of aryl methyl sites for hydroxylation is 1. The van der Waals surface area contributed by atoms with Crippen LogP contribution in [0.5, 0.6) is 0 Å². The number of carbonyl (C=O) groups is 1. The van der Waals surface area contributed by atoms with E-state index in [-0.39, 0.29) is 0 Å². The van der Waals surface area contributed by atoms with Gasteiger partial charge in [-0.2, -0.15) is 0 Å². The van der Waals surface area contributed by atoms with Gasteiger partial charge in [-0.3, -0.25) is 0 Å². The zero-order valence-electron chi connectivity index (χ0n) is 12.3. The lowest BCUT2D eigenvalue weighted by Gasteiger charge is -2.04. The zero-order chi connectivity index (χ0) is 15.1. The molecule has 0 aliphatic rings. The van der Waals surface area contributed by atoms with E-state index in [9.17, 15) is 4.79 Å². The van der Waals surface area contributed by atoms with Gasteiger partial charge in [0.25, 0.3) is 0 Å². The first kappa shape index (κ1) is 15.0. The smallest absolute Gasteiger partial charge is 0.330 e. The highest BCUT2D eigenvalue weighted by Gasteiger charge is 2.00. The highest BCUT2D eigenvalue weighted by Crippen LogP contribution is 2.12. The largest absolute Gasteiger partial charge is 0.478 e. The molecule has 0 saturated heterocycles. The standard InChI is InChI=1S/C19H20O2/c1-15(19(20)21)6-5-9-16-10-12-18(13-11-16)14-17-7-3-2-4-8-17/h2-4,6-8,10-13H,5,9,14H2,1H3,(H,20,21)/b15-6+. The molecule has 0 bridgehead atoms. The average molecular weight is 280 g/mol. The first-order valence-corrected chi connectivity index (χ1v) is 7.17. The van der Waals surface area contributed by atoms with Crippen LogP contribution in [0.4, 0.5) is 0 Å². The second-order valence-corrected chi connectivity index (χ2v) is 5.21. The third-order valence-electron chi connectivity index (χ3n) is 3.49. The monoisotopic (exact) mass is 280 g/mol. The van der Waals surface area contributed by atoms with Gasteiger partial charge in [-0.15, -0.1) is 0 Å². The van der Waals surface area contributed by atoms with E-state index in [1.165, 1.54) is 16.7 Å². The summed E-state index contributed by atoms with van der Waals surface area (Å²) in [4.78, 5) is 10.7. The van der Waals surface area contributed by atoms with Crippen LogP contribution < -0.4 is 0 Å². The summed E-state index contributed by atoms with van der Waals surface area (Å²) in [5.74, 6) is -0.840. The maximum absolute atomic E-state index is 10.7. The van der Waals surface area contributed by atoms with Crippen molar-refractivity contribution in [1.29, 1.82) is 0 Å². The quantitative estimate of drug-likeness (QED) is 0.803. The minimum Gasteiger partial charge on any atom is -0.478 e. The maximum Gasteiger partial charge on any atom is 0.330 e. The van der Waals surface area contributed by atoms with Crippen LogP contribution in [-0.4, -0.2) is 11.1 Å². The Kier molecular flexibility index (Phi) is 5.33. The Morgan fingerprint density at radius 3 is 2.14 bits per heavy atom. The molecular weight excluding hydrogens is 260 g/mol. The van der Waals surface area contributed by atoms with E-state index in [1.54, 1.807) is 13.0 Å². The predicted molar refractivity (Wildman–Crippen MR) is 85.4 cm³/mol. The van der Waals surface area contributed by atoms with Crippen molar-refractivity contribution in [3.05, 3.63) is 82.9 Å². The van der Waals surface area contributed by atoms with Crippen molar-refractivity contribution in [2.45, 2.75) is 26.2 Å². The Labute approximate surface area is 125 Å². The van der Waals surface area contributed by atoms with Gasteiger partial charge in [0.15, 0.2) is 0 Å². The van der Waals surface area contributed by atoms with E-state index < -0.39 is 5.97 Å². The first-order chi connectivity index (χ1) is 10.1. The molecule has 1 N–H and O–H groups in total. The second kappa shape index (κ2) is 7.44. The number of aliphatic carboxylic acids is 1. The van der Waals surface area contributed by atoms with Gasteiger partial charge in [-0.1, -0.05) is 60.7 Å². The molecule has 0 radical (unpaired) electrons. The van der Waals surface area contributed by atoms with Crippen molar-refractivity contribution < 1.29 is 9.90 Å². The summed E-state index contributed by atoms with van der Waals surface area (Å²) in [6, 6.07) is 19.0. The fourth-order valence-corrected chi connectivity index (χ4v) is 2.20. The van der Waals surface area contributed by atoms with E-state index in [4.69, 9.17) is 5.11 Å². The lowest BCUT2D eigenvalue weighted by Crippen LogP contribution is -1.96. The molecule has 0 amide bonds. The van der Waals surface area contributed by atoms with Crippen LogP contribution >= 0.6 is 0 Å². The highest BCUT2D eigenvalue weighted by molar-refractivity contribution is 5.85. The fraction of sp³-hybridized carbons (Fsp3) is 0.211. The van der Waals surface area contributed by atoms with Gasteiger partial charge in [0.1, 0.15) is 0 Å². The molecular formula is C19H20O2. The van der Waals surface area contributed by atoms with Crippen molar-refractivity contribution in [3.63, 3.8) is 0 Å². The summed E-state index contributed by atoms with van der Waals surface area (Å²) in [5, 5.41) is 8.79. The summed E-state index contributed by atoms with van der Waals surface area (Å²) in [6.45, 7) is 1.63. The van der Waals surface area contributed by atoms with Crippen molar-refractivity contribution in [2.24, 2.45) is 0 Å². The molecule has 0 unspecified atom stereocenters. The summed E-state index contributed by atoms with van der Waals surface area (Å²) in [7, 11) is 0. The van der Waals surface area contributed by atoms with E-state index in [0.29, 0.717) is 5.57 Å². The van der Waals surface area contributed by atoms with Crippen molar-refractivity contribution in [2.75, 3.05) is 0 Å². The van der Waals surface area contributed by atoms with Crippen LogP contribution in [0.15, 0.2) is 66.2 Å². The SMILES string of the molecule is C/C(=C\CCc1ccc(Cc2ccccc2)cc1)C(=O)O. The molecule has 2 heteroatoms. The molecule has 21 heavy (non-hydrogen) atoms. The van der Waals surface area contributed by atoms with Crippen LogP contribution in [0.1, 0.15) is 30.0 Å². The lowest BCUT2D eigenvalue weighted by atomic mass is 10.0. The molecule has 0 aromatic heterocycles. The number of benzene rings is 2. The van der Waals surface area contributed by atoms with Gasteiger partial charge in [-0.25, -0.2) is 4.79 Å². The molecule has 0 fully saturated rings. The number of rotatable bonds is 6. The van der Waals surface area contributed by atoms with Crippen molar-refractivity contribution in [1.82, 2.24) is 0 Å². The number of carboxylic acids is 1. The molecule has 0 aliphatic carbocycles. The number of allylic oxidation sites excluding steroid dienone is 1. The molecule has 0 saturated carbocycles. The van der Waals surface area contributed by atoms with Crippen LogP contribution in [0, 0.1) is 0 Å². The molecule has 2 aromatic rings. The average Bonchev–Trinajstić information content (AvgIpc) is 2.50. The summed E-state index contributed by atoms with van der Waals surface area (Å²) in [5.41, 5.74) is 4.25. The van der Waals surface area contributed by atoms with Gasteiger partial charge in [0.2, 0.25) is 0 Å². The summed E-state index contributed by atoms with van der Waals surface area (Å²) >= 11 is 0. The third-order valence-corrected chi connectivity index (χ3v) is 3.49. The minimum absolute atomic E-state index is 0.413. The van der Waals surface area contributed by atoms with Crippen LogP contribution in [0.3, 0.4) is 0 Å². The molecule has 2 nitrogen and oxygen atoms in total. The van der Waals surface area contributed by atoms with Crippen molar-refractivity contribution >= 4 is 5.97 Å². The predicted octanol–water partition coefficient (Wildman–Crippen LogP) is 4.24. The summed E-state index contributed by atoms with van der Waals surface area (Å²) in [6.07, 6.45) is 4.35. The Bertz CT molecular complexity index is 610. The first-order valence-electron chi connectivity index (χ1n) is 7.17. The van der Waals surface area contributed by atoms with E-state index in [1.807, 2.05) is 6.07 Å². The molecule has 0 aliphatic heterocycles. The molecule has 108 valence electrons. The van der Waals surface area contributed by atoms with E-state index >= 15 is 0 Å². The molecule has 0 spiro atoms. The zero-order valence-corrected chi connectivity index (χ0v) is 12.3. The Balaban J connectivity index is 1.90. The van der Waals surface area contributed by atoms with Crippen molar-refractivity contribution in [3.8, 4) is 0 Å². The topological polar surface area (TPSA) is 37.3 Å². The highest BCUT2D eigenvalue weighted by atomic mass is 16.4. The molecule has 2 aromatic carbocycles.